The Hall–Kier alpha value is -1.67. The number of halogens is 2. The average Bonchev–Trinajstić information content (AvgIpc) is 2.32. The van der Waals surface area contributed by atoms with E-state index in [2.05, 4.69) is 0 Å². The van der Waals surface area contributed by atoms with Crippen molar-refractivity contribution < 1.29 is 9.18 Å². The molecule has 0 aromatic heterocycles. The highest BCUT2D eigenvalue weighted by atomic mass is 35.5. The largest absolute Gasteiger partial charge is 0.289 e. The van der Waals surface area contributed by atoms with Crippen LogP contribution in [-0.2, 0) is 0 Å². The number of hydrogen-bond acceptors (Lipinski definition) is 1. The fraction of sp³-hybridized carbons (Fsp3) is 0.0714. The third-order valence-electron chi connectivity index (χ3n) is 2.47. The van der Waals surface area contributed by atoms with Gasteiger partial charge in [-0.25, -0.2) is 4.39 Å². The fourth-order valence-electron chi connectivity index (χ4n) is 1.57. The normalized spacial score (nSPS) is 10.3. The van der Waals surface area contributed by atoms with Crippen LogP contribution in [0.5, 0.6) is 0 Å². The van der Waals surface area contributed by atoms with Gasteiger partial charge in [-0.1, -0.05) is 23.2 Å². The fourth-order valence-corrected chi connectivity index (χ4v) is 1.77. The number of carbonyl (C=O) groups excluding carboxylic acids is 1. The lowest BCUT2D eigenvalue weighted by Crippen LogP contribution is -2.02. The minimum Gasteiger partial charge on any atom is -0.289 e. The van der Waals surface area contributed by atoms with E-state index in [4.69, 9.17) is 11.6 Å². The minimum absolute atomic E-state index is 0.196. The third kappa shape index (κ3) is 2.53. The molecule has 0 bridgehead atoms. The molecule has 0 saturated carbocycles. The van der Waals surface area contributed by atoms with Crippen molar-refractivity contribution in [2.75, 3.05) is 0 Å². The van der Waals surface area contributed by atoms with Crippen LogP contribution in [0.4, 0.5) is 4.39 Å². The van der Waals surface area contributed by atoms with Gasteiger partial charge in [0.05, 0.1) is 5.02 Å². The molecule has 3 heteroatoms. The van der Waals surface area contributed by atoms with Gasteiger partial charge >= 0.3 is 0 Å². The van der Waals surface area contributed by atoms with Crippen LogP contribution in [0.25, 0.3) is 0 Å². The van der Waals surface area contributed by atoms with E-state index in [0.29, 0.717) is 16.1 Å². The molecule has 1 nitrogen and oxygen atoms in total. The predicted molar refractivity (Wildman–Crippen MR) is 66.0 cm³/mol. The first-order valence-corrected chi connectivity index (χ1v) is 5.52. The van der Waals surface area contributed by atoms with Gasteiger partial charge in [-0.05, 0) is 43.3 Å². The van der Waals surface area contributed by atoms with Crippen LogP contribution in [0.15, 0.2) is 42.5 Å². The molecule has 0 spiro atoms. The Labute approximate surface area is 104 Å². The topological polar surface area (TPSA) is 17.1 Å². The Morgan fingerprint density at radius 2 is 1.76 bits per heavy atom. The van der Waals surface area contributed by atoms with E-state index in [0.717, 1.165) is 5.56 Å². The summed E-state index contributed by atoms with van der Waals surface area (Å²) >= 11 is 5.98. The number of rotatable bonds is 2. The number of ketones is 1. The second-order valence-corrected chi connectivity index (χ2v) is 4.23. The second kappa shape index (κ2) is 4.68. The van der Waals surface area contributed by atoms with Gasteiger partial charge in [-0.3, -0.25) is 4.79 Å². The Balaban J connectivity index is 2.43. The lowest BCUT2D eigenvalue weighted by Gasteiger charge is -2.04. The molecule has 0 N–H and O–H groups in total. The highest BCUT2D eigenvalue weighted by molar-refractivity contribution is 6.35. The van der Waals surface area contributed by atoms with Gasteiger partial charge in [-0.15, -0.1) is 0 Å². The molecule has 0 atom stereocenters. The number of hydrogen-bond donors (Lipinski definition) is 0. The van der Waals surface area contributed by atoms with Crippen LogP contribution >= 0.6 is 11.6 Å². The predicted octanol–water partition coefficient (Wildman–Crippen LogP) is 4.02. The average molecular weight is 249 g/mol. The maximum absolute atomic E-state index is 12.8. The van der Waals surface area contributed by atoms with Crippen LogP contribution in [0, 0.1) is 12.7 Å². The van der Waals surface area contributed by atoms with Crippen LogP contribution in [-0.4, -0.2) is 5.78 Å². The lowest BCUT2D eigenvalue weighted by atomic mass is 10.0. The molecule has 86 valence electrons. The SMILES string of the molecule is Cc1ccc(Cl)c(C(=O)c2ccc(F)cc2)c1. The zero-order valence-corrected chi connectivity index (χ0v) is 9.96. The molecule has 0 radical (unpaired) electrons. The van der Waals surface area contributed by atoms with E-state index in [1.807, 2.05) is 13.0 Å². The van der Waals surface area contributed by atoms with Crippen molar-refractivity contribution in [3.05, 3.63) is 70.0 Å². The quantitative estimate of drug-likeness (QED) is 0.734. The van der Waals surface area contributed by atoms with E-state index in [-0.39, 0.29) is 11.6 Å². The van der Waals surface area contributed by atoms with Gasteiger partial charge in [0.1, 0.15) is 5.82 Å². The number of carbonyl (C=O) groups is 1. The summed E-state index contributed by atoms with van der Waals surface area (Å²) in [6, 6.07) is 10.7. The zero-order valence-electron chi connectivity index (χ0n) is 9.21. The van der Waals surface area contributed by atoms with Gasteiger partial charge in [0.2, 0.25) is 0 Å². The standard InChI is InChI=1S/C14H10ClFO/c1-9-2-7-13(15)12(8-9)14(17)10-3-5-11(16)6-4-10/h2-8H,1H3. The molecular weight excluding hydrogens is 239 g/mol. The first-order chi connectivity index (χ1) is 8.08. The van der Waals surface area contributed by atoms with Crippen molar-refractivity contribution in [2.24, 2.45) is 0 Å². The van der Waals surface area contributed by atoms with Gasteiger partial charge in [-0.2, -0.15) is 0 Å². The van der Waals surface area contributed by atoms with E-state index >= 15 is 0 Å². The van der Waals surface area contributed by atoms with Gasteiger partial charge in [0.25, 0.3) is 0 Å². The Kier molecular flexibility index (Phi) is 3.25. The van der Waals surface area contributed by atoms with Crippen molar-refractivity contribution in [3.8, 4) is 0 Å². The Morgan fingerprint density at radius 1 is 1.12 bits per heavy atom. The van der Waals surface area contributed by atoms with Crippen LogP contribution < -0.4 is 0 Å². The van der Waals surface area contributed by atoms with Crippen molar-refractivity contribution in [3.63, 3.8) is 0 Å². The van der Waals surface area contributed by atoms with Crippen LogP contribution in [0.1, 0.15) is 21.5 Å². The molecule has 0 amide bonds. The summed E-state index contributed by atoms with van der Waals surface area (Å²) in [5.41, 5.74) is 1.83. The van der Waals surface area contributed by atoms with Gasteiger partial charge in [0.15, 0.2) is 5.78 Å². The molecule has 17 heavy (non-hydrogen) atoms. The Bertz CT molecular complexity index is 561. The van der Waals surface area contributed by atoms with E-state index in [1.54, 1.807) is 12.1 Å². The van der Waals surface area contributed by atoms with Crippen molar-refractivity contribution >= 4 is 17.4 Å². The maximum Gasteiger partial charge on any atom is 0.194 e. The summed E-state index contributed by atoms with van der Waals surface area (Å²) in [6.07, 6.45) is 0. The van der Waals surface area contributed by atoms with E-state index < -0.39 is 0 Å². The lowest BCUT2D eigenvalue weighted by molar-refractivity contribution is 0.103. The summed E-state index contributed by atoms with van der Waals surface area (Å²) in [5, 5.41) is 0.407. The highest BCUT2D eigenvalue weighted by Gasteiger charge is 2.12. The number of benzene rings is 2. The van der Waals surface area contributed by atoms with Crippen molar-refractivity contribution in [1.82, 2.24) is 0 Å². The van der Waals surface area contributed by atoms with Crippen LogP contribution in [0.2, 0.25) is 5.02 Å². The van der Waals surface area contributed by atoms with Crippen molar-refractivity contribution in [1.29, 1.82) is 0 Å². The van der Waals surface area contributed by atoms with E-state index in [9.17, 15) is 9.18 Å². The molecule has 0 fully saturated rings. The third-order valence-corrected chi connectivity index (χ3v) is 2.80. The summed E-state index contributed by atoms with van der Waals surface area (Å²) in [7, 11) is 0. The van der Waals surface area contributed by atoms with Gasteiger partial charge < -0.3 is 0 Å². The highest BCUT2D eigenvalue weighted by Crippen LogP contribution is 2.21. The monoisotopic (exact) mass is 248 g/mol. The molecule has 0 heterocycles. The molecule has 0 aliphatic rings. The summed E-state index contributed by atoms with van der Waals surface area (Å²) in [4.78, 5) is 12.1. The molecular formula is C14H10ClFO. The molecule has 0 aliphatic carbocycles. The molecule has 2 aromatic rings. The minimum atomic E-state index is -0.364. The summed E-state index contributed by atoms with van der Waals surface area (Å²) < 4.78 is 12.8. The summed E-state index contributed by atoms with van der Waals surface area (Å²) in [5.74, 6) is -0.560. The number of aryl methyl sites for hydroxylation is 1. The Morgan fingerprint density at radius 3 is 2.41 bits per heavy atom. The first kappa shape index (κ1) is 11.8. The van der Waals surface area contributed by atoms with Crippen molar-refractivity contribution in [2.45, 2.75) is 6.92 Å². The molecule has 0 unspecified atom stereocenters. The van der Waals surface area contributed by atoms with Crippen LogP contribution in [0.3, 0.4) is 0 Å². The second-order valence-electron chi connectivity index (χ2n) is 3.82. The molecule has 2 rings (SSSR count). The smallest absolute Gasteiger partial charge is 0.194 e. The van der Waals surface area contributed by atoms with E-state index in [1.165, 1.54) is 24.3 Å². The summed E-state index contributed by atoms with van der Waals surface area (Å²) in [6.45, 7) is 1.89. The van der Waals surface area contributed by atoms with Gasteiger partial charge in [0, 0.05) is 11.1 Å². The molecule has 0 saturated heterocycles. The molecule has 0 aliphatic heterocycles. The molecule has 2 aromatic carbocycles. The maximum atomic E-state index is 12.8. The first-order valence-electron chi connectivity index (χ1n) is 5.14. The zero-order chi connectivity index (χ0) is 12.4.